The van der Waals surface area contributed by atoms with Gasteiger partial charge in [0.15, 0.2) is 0 Å². The fourth-order valence-corrected chi connectivity index (χ4v) is 4.92. The van der Waals surface area contributed by atoms with Crippen molar-refractivity contribution in [3.63, 3.8) is 0 Å². The van der Waals surface area contributed by atoms with E-state index in [0.717, 1.165) is 53.2 Å². The van der Waals surface area contributed by atoms with Crippen molar-refractivity contribution in [3.05, 3.63) is 72.8 Å². The van der Waals surface area contributed by atoms with Gasteiger partial charge in [0, 0.05) is 43.8 Å². The van der Waals surface area contributed by atoms with Gasteiger partial charge in [-0.1, -0.05) is 48.5 Å². The number of hydrogen-bond donors (Lipinski definition) is 2. The van der Waals surface area contributed by atoms with E-state index in [1.165, 1.54) is 5.69 Å². The van der Waals surface area contributed by atoms with Crippen molar-refractivity contribution in [3.8, 4) is 5.75 Å². The molecule has 1 heterocycles. The minimum Gasteiger partial charge on any atom is -0.410 e. The third-order valence-electron chi connectivity index (χ3n) is 6.84. The van der Waals surface area contributed by atoms with Crippen LogP contribution in [0, 0.1) is 5.92 Å². The second-order valence-electron chi connectivity index (χ2n) is 9.58. The van der Waals surface area contributed by atoms with Crippen molar-refractivity contribution in [2.75, 3.05) is 30.9 Å². The van der Waals surface area contributed by atoms with Crippen LogP contribution in [0.5, 0.6) is 5.75 Å². The molecular weight excluding hydrogens is 436 g/mol. The van der Waals surface area contributed by atoms with Crippen molar-refractivity contribution < 1.29 is 9.53 Å². The molecular formula is C29H32N4O2. The lowest BCUT2D eigenvalue weighted by molar-refractivity contribution is 0.196. The molecule has 0 saturated heterocycles. The number of aromatic nitrogens is 1. The summed E-state index contributed by atoms with van der Waals surface area (Å²) in [7, 11) is 4.13. The number of fused-ring (bicyclic) bond motifs is 2. The van der Waals surface area contributed by atoms with E-state index in [1.54, 1.807) is 0 Å². The summed E-state index contributed by atoms with van der Waals surface area (Å²) < 4.78 is 5.50. The normalized spacial score (nSPS) is 17.8. The number of carbonyl (C=O) groups is 1. The molecule has 1 amide bonds. The van der Waals surface area contributed by atoms with Gasteiger partial charge >= 0.3 is 6.09 Å². The molecule has 0 radical (unpaired) electrons. The van der Waals surface area contributed by atoms with Crippen LogP contribution in [0.4, 0.5) is 16.3 Å². The van der Waals surface area contributed by atoms with Crippen molar-refractivity contribution in [2.24, 2.45) is 5.92 Å². The Morgan fingerprint density at radius 1 is 0.943 bits per heavy atom. The number of benzene rings is 3. The molecule has 6 heteroatoms. The van der Waals surface area contributed by atoms with Crippen LogP contribution in [0.2, 0.25) is 0 Å². The molecule has 6 nitrogen and oxygen atoms in total. The molecule has 3 aromatic carbocycles. The molecule has 0 aliphatic heterocycles. The second-order valence-corrected chi connectivity index (χ2v) is 9.58. The molecule has 1 aliphatic carbocycles. The molecule has 0 unspecified atom stereocenters. The summed E-state index contributed by atoms with van der Waals surface area (Å²) in [5.41, 5.74) is 2.17. The molecule has 5 rings (SSSR count). The molecule has 1 saturated carbocycles. The van der Waals surface area contributed by atoms with Crippen molar-refractivity contribution >= 4 is 39.3 Å². The number of hydrogen-bond acceptors (Lipinski definition) is 5. The topological polar surface area (TPSA) is 66.5 Å². The third kappa shape index (κ3) is 5.48. The van der Waals surface area contributed by atoms with E-state index in [2.05, 4.69) is 53.9 Å². The number of pyridine rings is 1. The van der Waals surface area contributed by atoms with E-state index < -0.39 is 6.09 Å². The summed E-state index contributed by atoms with van der Waals surface area (Å²) >= 11 is 0. The Bertz CT molecular complexity index is 1330. The van der Waals surface area contributed by atoms with Crippen LogP contribution in [-0.2, 0) is 0 Å². The lowest BCUT2D eigenvalue weighted by Crippen LogP contribution is -2.35. The standard InChI is InChI=1S/C29H32N4O2/c1-33(2)27-18-28(32-26-10-6-5-9-25(26)27)31-23-14-11-20(12-15-23)19-30-29(34)35-24-16-13-21-7-3-4-8-22(21)17-24/h3-10,13,16-18,20,23H,11-12,14-15,19H2,1-2H3,(H,30,34)(H,31,32). The Labute approximate surface area is 206 Å². The minimum absolute atomic E-state index is 0.388. The summed E-state index contributed by atoms with van der Waals surface area (Å²) in [5.74, 6) is 1.95. The number of para-hydroxylation sites is 1. The smallest absolute Gasteiger partial charge is 0.410 e. The number of nitrogens with zero attached hydrogens (tertiary/aromatic N) is 2. The SMILES string of the molecule is CN(C)c1cc(NC2CCC(CNC(=O)Oc3ccc4ccccc4c3)CC2)nc2ccccc12. The van der Waals surface area contributed by atoms with E-state index in [9.17, 15) is 4.79 Å². The van der Waals surface area contributed by atoms with Crippen LogP contribution in [0.1, 0.15) is 25.7 Å². The first kappa shape index (κ1) is 23.0. The molecule has 35 heavy (non-hydrogen) atoms. The van der Waals surface area contributed by atoms with Gasteiger partial charge in [-0.25, -0.2) is 9.78 Å². The van der Waals surface area contributed by atoms with Gasteiger partial charge in [0.25, 0.3) is 0 Å². The number of nitrogens with one attached hydrogen (secondary N) is 2. The van der Waals surface area contributed by atoms with Crippen molar-refractivity contribution in [1.29, 1.82) is 0 Å². The minimum atomic E-state index is -0.392. The van der Waals surface area contributed by atoms with Gasteiger partial charge in [-0.2, -0.15) is 0 Å². The zero-order chi connectivity index (χ0) is 24.2. The highest BCUT2D eigenvalue weighted by Crippen LogP contribution is 2.30. The van der Waals surface area contributed by atoms with Gasteiger partial charge in [-0.3, -0.25) is 0 Å². The quantitative estimate of drug-likeness (QED) is 0.352. The zero-order valence-electron chi connectivity index (χ0n) is 20.3. The molecule has 180 valence electrons. The van der Waals surface area contributed by atoms with Crippen LogP contribution in [0.15, 0.2) is 72.8 Å². The Balaban J connectivity index is 1.11. The summed E-state index contributed by atoms with van der Waals surface area (Å²) in [5, 5.41) is 9.95. The average molecular weight is 469 g/mol. The number of rotatable bonds is 6. The Kier molecular flexibility index (Phi) is 6.70. The molecule has 1 aliphatic rings. The lowest BCUT2D eigenvalue weighted by Gasteiger charge is -2.30. The number of carbonyl (C=O) groups excluding carboxylic acids is 1. The van der Waals surface area contributed by atoms with Crippen LogP contribution in [-0.4, -0.2) is 37.8 Å². The molecule has 1 fully saturated rings. The maximum absolute atomic E-state index is 12.3. The Hall–Kier alpha value is -3.80. The molecule has 4 aromatic rings. The lowest BCUT2D eigenvalue weighted by atomic mass is 9.86. The van der Waals surface area contributed by atoms with Gasteiger partial charge in [-0.15, -0.1) is 0 Å². The number of anilines is 2. The van der Waals surface area contributed by atoms with Gasteiger partial charge in [0.2, 0.25) is 0 Å². The molecule has 0 spiro atoms. The number of ether oxygens (including phenoxy) is 1. The average Bonchev–Trinajstić information content (AvgIpc) is 2.87. The van der Waals surface area contributed by atoms with Crippen LogP contribution < -0.4 is 20.3 Å². The van der Waals surface area contributed by atoms with Crippen LogP contribution in [0.25, 0.3) is 21.7 Å². The van der Waals surface area contributed by atoms with Gasteiger partial charge in [0.05, 0.1) is 5.52 Å². The van der Waals surface area contributed by atoms with Crippen LogP contribution in [0.3, 0.4) is 0 Å². The summed E-state index contributed by atoms with van der Waals surface area (Å²) in [6.45, 7) is 0.637. The molecule has 1 aromatic heterocycles. The first-order valence-electron chi connectivity index (χ1n) is 12.3. The van der Waals surface area contributed by atoms with Gasteiger partial charge in [0.1, 0.15) is 11.6 Å². The van der Waals surface area contributed by atoms with Gasteiger partial charge < -0.3 is 20.3 Å². The molecule has 0 bridgehead atoms. The predicted octanol–water partition coefficient (Wildman–Crippen LogP) is 6.21. The Morgan fingerprint density at radius 3 is 2.49 bits per heavy atom. The van der Waals surface area contributed by atoms with E-state index in [0.29, 0.717) is 24.3 Å². The first-order chi connectivity index (χ1) is 17.0. The maximum atomic E-state index is 12.3. The highest BCUT2D eigenvalue weighted by molar-refractivity contribution is 5.93. The summed E-state index contributed by atoms with van der Waals surface area (Å²) in [6.07, 6.45) is 3.83. The van der Waals surface area contributed by atoms with E-state index in [1.807, 2.05) is 48.5 Å². The second kappa shape index (κ2) is 10.2. The van der Waals surface area contributed by atoms with E-state index >= 15 is 0 Å². The summed E-state index contributed by atoms with van der Waals surface area (Å²) in [4.78, 5) is 19.3. The third-order valence-corrected chi connectivity index (χ3v) is 6.84. The van der Waals surface area contributed by atoms with Gasteiger partial charge in [-0.05, 0) is 60.6 Å². The first-order valence-corrected chi connectivity index (χ1v) is 12.3. The highest BCUT2D eigenvalue weighted by atomic mass is 16.6. The van der Waals surface area contributed by atoms with Crippen molar-refractivity contribution in [2.45, 2.75) is 31.7 Å². The fourth-order valence-electron chi connectivity index (χ4n) is 4.92. The molecule has 0 atom stereocenters. The van der Waals surface area contributed by atoms with Crippen molar-refractivity contribution in [1.82, 2.24) is 10.3 Å². The predicted molar refractivity (Wildman–Crippen MR) is 143 cm³/mol. The van der Waals surface area contributed by atoms with Crippen LogP contribution >= 0.6 is 0 Å². The molecule has 2 N–H and O–H groups in total. The maximum Gasteiger partial charge on any atom is 0.412 e. The van der Waals surface area contributed by atoms with E-state index in [-0.39, 0.29) is 0 Å². The zero-order valence-corrected chi connectivity index (χ0v) is 20.3. The van der Waals surface area contributed by atoms with E-state index in [4.69, 9.17) is 9.72 Å². The summed E-state index contributed by atoms with van der Waals surface area (Å²) in [6, 6.07) is 24.5. The largest absolute Gasteiger partial charge is 0.412 e. The number of amides is 1. The Morgan fingerprint density at radius 2 is 1.69 bits per heavy atom. The fraction of sp³-hybridized carbons (Fsp3) is 0.310. The monoisotopic (exact) mass is 468 g/mol. The highest BCUT2D eigenvalue weighted by Gasteiger charge is 2.22.